The van der Waals surface area contributed by atoms with Crippen LogP contribution in [-0.2, 0) is 12.8 Å². The van der Waals surface area contributed by atoms with Gasteiger partial charge in [-0.1, -0.05) is 17.8 Å². The Kier molecular flexibility index (Phi) is 3.66. The molecule has 0 heterocycles. The van der Waals surface area contributed by atoms with Crippen molar-refractivity contribution in [1.82, 2.24) is 0 Å². The van der Waals surface area contributed by atoms with E-state index in [0.717, 1.165) is 17.7 Å². The third-order valence-corrected chi connectivity index (χ3v) is 4.65. The van der Waals surface area contributed by atoms with Crippen LogP contribution in [0, 0.1) is 0 Å². The number of anilines is 1. The van der Waals surface area contributed by atoms with Gasteiger partial charge in [0.25, 0.3) is 6.43 Å². The van der Waals surface area contributed by atoms with E-state index in [1.54, 1.807) is 12.1 Å². The quantitative estimate of drug-likeness (QED) is 0.818. The summed E-state index contributed by atoms with van der Waals surface area (Å²) in [5.41, 5.74) is 8.71. The Bertz CT molecular complexity index is 640. The molecule has 1 aliphatic carbocycles. The highest BCUT2D eigenvalue weighted by Gasteiger charge is 2.16. The lowest BCUT2D eigenvalue weighted by atomic mass is 10.1. The van der Waals surface area contributed by atoms with Crippen molar-refractivity contribution < 1.29 is 8.78 Å². The second-order valence-corrected chi connectivity index (χ2v) is 6.10. The first-order valence-corrected chi connectivity index (χ1v) is 7.42. The minimum absolute atomic E-state index is 0.00972. The summed E-state index contributed by atoms with van der Waals surface area (Å²) in [4.78, 5) is 1.59. The molecule has 20 heavy (non-hydrogen) atoms. The van der Waals surface area contributed by atoms with Crippen molar-refractivity contribution in [1.29, 1.82) is 0 Å². The van der Waals surface area contributed by atoms with E-state index in [1.165, 1.54) is 35.4 Å². The van der Waals surface area contributed by atoms with Crippen LogP contribution in [0.2, 0.25) is 0 Å². The van der Waals surface area contributed by atoms with Gasteiger partial charge < -0.3 is 5.73 Å². The molecule has 0 atom stereocenters. The van der Waals surface area contributed by atoms with Crippen molar-refractivity contribution in [3.05, 3.63) is 53.1 Å². The van der Waals surface area contributed by atoms with Gasteiger partial charge in [-0.2, -0.15) is 0 Å². The molecule has 0 aromatic heterocycles. The molecule has 2 aromatic rings. The van der Waals surface area contributed by atoms with Gasteiger partial charge in [0.05, 0.1) is 0 Å². The number of hydrogen-bond donors (Lipinski definition) is 1. The Balaban J connectivity index is 1.91. The molecule has 1 aliphatic rings. The topological polar surface area (TPSA) is 26.0 Å². The first kappa shape index (κ1) is 13.4. The van der Waals surface area contributed by atoms with E-state index in [4.69, 9.17) is 5.73 Å². The zero-order chi connectivity index (χ0) is 14.1. The first-order chi connectivity index (χ1) is 9.63. The molecule has 0 amide bonds. The predicted octanol–water partition coefficient (Wildman–Crippen LogP) is 4.85. The number of fused-ring (bicyclic) bond motifs is 1. The molecule has 0 spiro atoms. The van der Waals surface area contributed by atoms with E-state index in [2.05, 4.69) is 12.1 Å². The fourth-order valence-corrected chi connectivity index (χ4v) is 3.56. The SMILES string of the molecule is Nc1ccc(Sc2ccc3c(c2)CCC3)c(C(F)F)c1. The van der Waals surface area contributed by atoms with Crippen molar-refractivity contribution in [2.24, 2.45) is 0 Å². The Morgan fingerprint density at radius 1 is 1.00 bits per heavy atom. The van der Waals surface area contributed by atoms with Crippen molar-refractivity contribution in [2.45, 2.75) is 35.5 Å². The maximum atomic E-state index is 13.1. The predicted molar refractivity (Wildman–Crippen MR) is 78.4 cm³/mol. The van der Waals surface area contributed by atoms with E-state index in [0.29, 0.717) is 10.6 Å². The van der Waals surface area contributed by atoms with Gasteiger partial charge in [-0.05, 0) is 60.7 Å². The second kappa shape index (κ2) is 5.44. The zero-order valence-corrected chi connectivity index (χ0v) is 11.7. The highest BCUT2D eigenvalue weighted by Crippen LogP contribution is 2.37. The number of rotatable bonds is 3. The molecule has 4 heteroatoms. The van der Waals surface area contributed by atoms with Gasteiger partial charge in [-0.3, -0.25) is 0 Å². The molecule has 0 radical (unpaired) electrons. The molecule has 0 fully saturated rings. The highest BCUT2D eigenvalue weighted by molar-refractivity contribution is 7.99. The summed E-state index contributed by atoms with van der Waals surface area (Å²) in [6.07, 6.45) is 0.904. The van der Waals surface area contributed by atoms with Crippen LogP contribution in [0.15, 0.2) is 46.2 Å². The maximum Gasteiger partial charge on any atom is 0.265 e. The molecule has 0 aliphatic heterocycles. The van der Waals surface area contributed by atoms with Gasteiger partial charge in [0.2, 0.25) is 0 Å². The van der Waals surface area contributed by atoms with Gasteiger partial charge in [-0.25, -0.2) is 8.78 Å². The van der Waals surface area contributed by atoms with Gasteiger partial charge in [0, 0.05) is 21.0 Å². The maximum absolute atomic E-state index is 13.1. The number of halogens is 2. The number of hydrogen-bond acceptors (Lipinski definition) is 2. The summed E-state index contributed by atoms with van der Waals surface area (Å²) in [6.45, 7) is 0. The fourth-order valence-electron chi connectivity index (χ4n) is 2.57. The fraction of sp³-hybridized carbons (Fsp3) is 0.250. The number of nitrogens with two attached hydrogens (primary N) is 1. The molecular weight excluding hydrogens is 276 g/mol. The Hall–Kier alpha value is -1.55. The van der Waals surface area contributed by atoms with Crippen molar-refractivity contribution in [2.75, 3.05) is 5.73 Å². The van der Waals surface area contributed by atoms with Gasteiger partial charge in [-0.15, -0.1) is 0 Å². The average molecular weight is 291 g/mol. The summed E-state index contributed by atoms with van der Waals surface area (Å²) in [5, 5.41) is 0. The van der Waals surface area contributed by atoms with Crippen molar-refractivity contribution in [3.8, 4) is 0 Å². The van der Waals surface area contributed by atoms with E-state index < -0.39 is 6.43 Å². The van der Waals surface area contributed by atoms with Gasteiger partial charge in [0.15, 0.2) is 0 Å². The van der Waals surface area contributed by atoms with Crippen LogP contribution in [0.4, 0.5) is 14.5 Å². The highest BCUT2D eigenvalue weighted by atomic mass is 32.2. The largest absolute Gasteiger partial charge is 0.399 e. The van der Waals surface area contributed by atoms with Crippen molar-refractivity contribution >= 4 is 17.4 Å². The molecule has 2 N–H and O–H groups in total. The Labute approximate surface area is 121 Å². The van der Waals surface area contributed by atoms with Crippen LogP contribution in [0.5, 0.6) is 0 Å². The monoisotopic (exact) mass is 291 g/mol. The summed E-state index contributed by atoms with van der Waals surface area (Å²) in [5.74, 6) is 0. The smallest absolute Gasteiger partial charge is 0.265 e. The third kappa shape index (κ3) is 2.66. The number of alkyl halides is 2. The number of nitrogen functional groups attached to an aromatic ring is 1. The molecule has 3 rings (SSSR count). The van der Waals surface area contributed by atoms with E-state index in [1.807, 2.05) is 6.07 Å². The summed E-state index contributed by atoms with van der Waals surface area (Å²) in [7, 11) is 0. The number of benzene rings is 2. The molecule has 0 saturated carbocycles. The van der Waals surface area contributed by atoms with Crippen LogP contribution < -0.4 is 5.73 Å². The zero-order valence-electron chi connectivity index (χ0n) is 10.9. The number of aryl methyl sites for hydroxylation is 2. The molecule has 0 saturated heterocycles. The summed E-state index contributed by atoms with van der Waals surface area (Å²) >= 11 is 1.38. The molecule has 104 valence electrons. The van der Waals surface area contributed by atoms with Crippen LogP contribution in [0.3, 0.4) is 0 Å². The Morgan fingerprint density at radius 2 is 1.80 bits per heavy atom. The Morgan fingerprint density at radius 3 is 2.60 bits per heavy atom. The van der Waals surface area contributed by atoms with Crippen LogP contribution in [0.1, 0.15) is 29.5 Å². The summed E-state index contributed by atoms with van der Waals surface area (Å²) < 4.78 is 26.1. The van der Waals surface area contributed by atoms with Crippen LogP contribution >= 0.6 is 11.8 Å². The summed E-state index contributed by atoms with van der Waals surface area (Å²) in [6, 6.07) is 11.0. The van der Waals surface area contributed by atoms with E-state index in [9.17, 15) is 8.78 Å². The molecular formula is C16H15F2NS. The normalized spacial score (nSPS) is 13.8. The van der Waals surface area contributed by atoms with Crippen molar-refractivity contribution in [3.63, 3.8) is 0 Å². The minimum Gasteiger partial charge on any atom is -0.399 e. The third-order valence-electron chi connectivity index (χ3n) is 3.57. The molecule has 0 unspecified atom stereocenters. The molecule has 0 bridgehead atoms. The minimum atomic E-state index is -2.50. The standard InChI is InChI=1S/C16H15F2NS/c17-16(18)14-9-12(19)5-7-15(14)20-13-6-4-10-2-1-3-11(10)8-13/h4-9,16H,1-3,19H2. The molecule has 1 nitrogen and oxygen atoms in total. The van der Waals surface area contributed by atoms with Gasteiger partial charge >= 0.3 is 0 Å². The lowest BCUT2D eigenvalue weighted by Gasteiger charge is -2.10. The molecule has 2 aromatic carbocycles. The average Bonchev–Trinajstić information content (AvgIpc) is 2.88. The first-order valence-electron chi connectivity index (χ1n) is 6.61. The van der Waals surface area contributed by atoms with Gasteiger partial charge in [0.1, 0.15) is 0 Å². The van der Waals surface area contributed by atoms with Crippen LogP contribution in [0.25, 0.3) is 0 Å². The second-order valence-electron chi connectivity index (χ2n) is 4.98. The van der Waals surface area contributed by atoms with Crippen LogP contribution in [-0.4, -0.2) is 0 Å². The lowest BCUT2D eigenvalue weighted by molar-refractivity contribution is 0.148. The lowest BCUT2D eigenvalue weighted by Crippen LogP contribution is -1.93. The van der Waals surface area contributed by atoms with E-state index >= 15 is 0 Å². The van der Waals surface area contributed by atoms with E-state index in [-0.39, 0.29) is 5.56 Å².